The number of hydrogen-bond acceptors (Lipinski definition) is 6. The molecule has 0 unspecified atom stereocenters. The third-order valence-corrected chi connectivity index (χ3v) is 3.98. The van der Waals surface area contributed by atoms with E-state index in [1.807, 2.05) is 42.5 Å². The van der Waals surface area contributed by atoms with E-state index in [1.54, 1.807) is 19.1 Å². The fraction of sp³-hybridized carbons (Fsp3) is 0.118. The Morgan fingerprint density at radius 2 is 1.83 bits per heavy atom. The standard InChI is InChI=1S/C17H15N3O2S/c1-2-22-16(21)13-8-10-14(11-9-13)18-17-20-19-15(23-17)12-6-4-3-5-7-12/h3-11H,2H2,1H3,(H,18,20). The van der Waals surface area contributed by atoms with Crippen molar-refractivity contribution < 1.29 is 9.53 Å². The van der Waals surface area contributed by atoms with Crippen LogP contribution in [0.2, 0.25) is 0 Å². The molecule has 0 atom stereocenters. The van der Waals surface area contributed by atoms with Crippen LogP contribution in [0.5, 0.6) is 0 Å². The van der Waals surface area contributed by atoms with Crippen LogP contribution < -0.4 is 5.32 Å². The first kappa shape index (κ1) is 15.2. The number of esters is 1. The van der Waals surface area contributed by atoms with E-state index in [2.05, 4.69) is 15.5 Å². The number of anilines is 2. The fourth-order valence-electron chi connectivity index (χ4n) is 2.00. The average molecular weight is 325 g/mol. The summed E-state index contributed by atoms with van der Waals surface area (Å²) in [5, 5.41) is 13.1. The van der Waals surface area contributed by atoms with Crippen molar-refractivity contribution in [2.75, 3.05) is 11.9 Å². The SMILES string of the molecule is CCOC(=O)c1ccc(Nc2nnc(-c3ccccc3)s2)cc1. The van der Waals surface area contributed by atoms with Crippen LogP contribution in [0.4, 0.5) is 10.8 Å². The lowest BCUT2D eigenvalue weighted by Crippen LogP contribution is -2.04. The van der Waals surface area contributed by atoms with Gasteiger partial charge in [-0.25, -0.2) is 4.79 Å². The van der Waals surface area contributed by atoms with E-state index in [4.69, 9.17) is 4.74 Å². The third-order valence-electron chi connectivity index (χ3n) is 3.09. The zero-order valence-electron chi connectivity index (χ0n) is 12.5. The molecule has 1 N–H and O–H groups in total. The highest BCUT2D eigenvalue weighted by atomic mass is 32.1. The Morgan fingerprint density at radius 3 is 2.52 bits per heavy atom. The molecule has 0 radical (unpaired) electrons. The normalized spacial score (nSPS) is 10.3. The van der Waals surface area contributed by atoms with Gasteiger partial charge in [0.25, 0.3) is 0 Å². The molecule has 0 fully saturated rings. The summed E-state index contributed by atoms with van der Waals surface area (Å²) in [6, 6.07) is 17.0. The van der Waals surface area contributed by atoms with E-state index in [-0.39, 0.29) is 5.97 Å². The van der Waals surface area contributed by atoms with Gasteiger partial charge in [-0.05, 0) is 31.2 Å². The molecule has 5 nitrogen and oxygen atoms in total. The summed E-state index contributed by atoms with van der Waals surface area (Å²) in [7, 11) is 0. The Morgan fingerprint density at radius 1 is 1.09 bits per heavy atom. The van der Waals surface area contributed by atoms with Crippen molar-refractivity contribution in [3.63, 3.8) is 0 Å². The van der Waals surface area contributed by atoms with Gasteiger partial charge in [-0.15, -0.1) is 10.2 Å². The van der Waals surface area contributed by atoms with Crippen molar-refractivity contribution >= 4 is 28.1 Å². The van der Waals surface area contributed by atoms with Crippen molar-refractivity contribution in [1.82, 2.24) is 10.2 Å². The summed E-state index contributed by atoms with van der Waals surface area (Å²) in [5.74, 6) is -0.318. The maximum Gasteiger partial charge on any atom is 0.338 e. The average Bonchev–Trinajstić information content (AvgIpc) is 3.05. The molecule has 0 saturated carbocycles. The summed E-state index contributed by atoms with van der Waals surface area (Å²) in [6.45, 7) is 2.15. The highest BCUT2D eigenvalue weighted by molar-refractivity contribution is 7.18. The lowest BCUT2D eigenvalue weighted by molar-refractivity contribution is 0.0526. The third kappa shape index (κ3) is 3.73. The number of benzene rings is 2. The van der Waals surface area contributed by atoms with Gasteiger partial charge in [0.1, 0.15) is 5.01 Å². The molecule has 3 rings (SSSR count). The number of carbonyl (C=O) groups is 1. The Bertz CT molecular complexity index is 785. The van der Waals surface area contributed by atoms with Gasteiger partial charge in [0.15, 0.2) is 0 Å². The molecule has 0 bridgehead atoms. The van der Waals surface area contributed by atoms with E-state index in [0.29, 0.717) is 17.3 Å². The van der Waals surface area contributed by atoms with Gasteiger partial charge in [0.05, 0.1) is 12.2 Å². The van der Waals surface area contributed by atoms with Crippen molar-refractivity contribution in [2.45, 2.75) is 6.92 Å². The lowest BCUT2D eigenvalue weighted by atomic mass is 10.2. The first-order valence-corrected chi connectivity index (χ1v) is 8.01. The number of rotatable bonds is 5. The largest absolute Gasteiger partial charge is 0.462 e. The second-order valence-corrected chi connectivity index (χ2v) is 5.68. The van der Waals surface area contributed by atoms with Crippen LogP contribution in [0.25, 0.3) is 10.6 Å². The summed E-state index contributed by atoms with van der Waals surface area (Å²) in [4.78, 5) is 11.6. The van der Waals surface area contributed by atoms with Crippen LogP contribution >= 0.6 is 11.3 Å². The zero-order chi connectivity index (χ0) is 16.1. The molecule has 2 aromatic carbocycles. The van der Waals surface area contributed by atoms with Crippen molar-refractivity contribution in [1.29, 1.82) is 0 Å². The van der Waals surface area contributed by atoms with E-state index < -0.39 is 0 Å². The molecular formula is C17H15N3O2S. The number of nitrogens with one attached hydrogen (secondary N) is 1. The molecule has 0 aliphatic carbocycles. The molecule has 116 valence electrons. The van der Waals surface area contributed by atoms with Crippen LogP contribution in [-0.2, 0) is 4.74 Å². The van der Waals surface area contributed by atoms with Crippen molar-refractivity contribution in [3.05, 3.63) is 60.2 Å². The second kappa shape index (κ2) is 7.02. The molecule has 1 heterocycles. The minimum Gasteiger partial charge on any atom is -0.462 e. The Labute approximate surface area is 138 Å². The zero-order valence-corrected chi connectivity index (χ0v) is 13.3. The van der Waals surface area contributed by atoms with E-state index in [9.17, 15) is 4.79 Å². The molecule has 0 amide bonds. The van der Waals surface area contributed by atoms with E-state index in [0.717, 1.165) is 16.3 Å². The lowest BCUT2D eigenvalue weighted by Gasteiger charge is -2.04. The molecule has 6 heteroatoms. The summed E-state index contributed by atoms with van der Waals surface area (Å²) >= 11 is 1.47. The van der Waals surface area contributed by atoms with Crippen LogP contribution in [0.1, 0.15) is 17.3 Å². The molecule has 23 heavy (non-hydrogen) atoms. The van der Waals surface area contributed by atoms with Gasteiger partial charge in [0, 0.05) is 11.3 Å². The van der Waals surface area contributed by atoms with E-state index >= 15 is 0 Å². The van der Waals surface area contributed by atoms with Crippen LogP contribution in [0.15, 0.2) is 54.6 Å². The Hall–Kier alpha value is -2.73. The number of nitrogens with zero attached hydrogens (tertiary/aromatic N) is 2. The number of carbonyl (C=O) groups excluding carboxylic acids is 1. The van der Waals surface area contributed by atoms with Gasteiger partial charge in [-0.3, -0.25) is 0 Å². The molecule has 0 aliphatic rings. The highest BCUT2D eigenvalue weighted by Gasteiger charge is 2.08. The first-order chi connectivity index (χ1) is 11.3. The Balaban J connectivity index is 1.70. The van der Waals surface area contributed by atoms with Crippen molar-refractivity contribution in [3.8, 4) is 10.6 Å². The Kier molecular flexibility index (Phi) is 4.63. The number of aromatic nitrogens is 2. The molecular weight excluding hydrogens is 310 g/mol. The fourth-order valence-corrected chi connectivity index (χ4v) is 2.77. The molecule has 3 aromatic rings. The van der Waals surface area contributed by atoms with Gasteiger partial charge in [0.2, 0.25) is 5.13 Å². The maximum absolute atomic E-state index is 11.6. The van der Waals surface area contributed by atoms with Gasteiger partial charge in [-0.1, -0.05) is 41.7 Å². The summed E-state index contributed by atoms with van der Waals surface area (Å²) in [5.41, 5.74) is 2.41. The predicted molar refractivity (Wildman–Crippen MR) is 91.0 cm³/mol. The van der Waals surface area contributed by atoms with Crippen LogP contribution in [0.3, 0.4) is 0 Å². The van der Waals surface area contributed by atoms with Crippen LogP contribution in [-0.4, -0.2) is 22.8 Å². The van der Waals surface area contributed by atoms with E-state index in [1.165, 1.54) is 11.3 Å². The maximum atomic E-state index is 11.6. The molecule has 0 aliphatic heterocycles. The summed E-state index contributed by atoms with van der Waals surface area (Å²) in [6.07, 6.45) is 0. The molecule has 1 aromatic heterocycles. The molecule has 0 spiro atoms. The molecule has 0 saturated heterocycles. The summed E-state index contributed by atoms with van der Waals surface area (Å²) < 4.78 is 4.96. The predicted octanol–water partition coefficient (Wildman–Crippen LogP) is 4.13. The smallest absolute Gasteiger partial charge is 0.338 e. The number of ether oxygens (including phenoxy) is 1. The topological polar surface area (TPSA) is 64.1 Å². The van der Waals surface area contributed by atoms with Gasteiger partial charge in [-0.2, -0.15) is 0 Å². The van der Waals surface area contributed by atoms with Gasteiger partial charge < -0.3 is 10.1 Å². The first-order valence-electron chi connectivity index (χ1n) is 7.19. The van der Waals surface area contributed by atoms with Crippen molar-refractivity contribution in [2.24, 2.45) is 0 Å². The second-order valence-electron chi connectivity index (χ2n) is 4.70. The minimum absolute atomic E-state index is 0.318. The quantitative estimate of drug-likeness (QED) is 0.715. The highest BCUT2D eigenvalue weighted by Crippen LogP contribution is 2.28. The number of hydrogen-bond donors (Lipinski definition) is 1. The van der Waals surface area contributed by atoms with Gasteiger partial charge >= 0.3 is 5.97 Å². The monoisotopic (exact) mass is 325 g/mol. The minimum atomic E-state index is -0.318. The van der Waals surface area contributed by atoms with Crippen LogP contribution in [0, 0.1) is 0 Å².